The molecule has 8 nitrogen and oxygen atoms in total. The summed E-state index contributed by atoms with van der Waals surface area (Å²) in [4.78, 5) is 25.4. The largest absolute Gasteiger partial charge is 0.351 e. The minimum atomic E-state index is -3.70. The highest BCUT2D eigenvalue weighted by Gasteiger charge is 2.29. The van der Waals surface area contributed by atoms with E-state index in [2.05, 4.69) is 17.6 Å². The minimum absolute atomic E-state index is 0. The molecular formula is C18H29ClN4O4S. The molecule has 1 aromatic carbocycles. The molecule has 0 aromatic heterocycles. The van der Waals surface area contributed by atoms with E-state index in [1.54, 1.807) is 17.0 Å². The van der Waals surface area contributed by atoms with Gasteiger partial charge in [0.05, 0.1) is 4.90 Å². The second-order valence-electron chi connectivity index (χ2n) is 6.44. The molecule has 28 heavy (non-hydrogen) atoms. The summed E-state index contributed by atoms with van der Waals surface area (Å²) < 4.78 is 27.1. The van der Waals surface area contributed by atoms with Crippen molar-refractivity contribution in [3.63, 3.8) is 0 Å². The van der Waals surface area contributed by atoms with Gasteiger partial charge in [-0.1, -0.05) is 13.0 Å². The zero-order valence-corrected chi connectivity index (χ0v) is 17.9. The van der Waals surface area contributed by atoms with Crippen LogP contribution >= 0.6 is 12.4 Å². The van der Waals surface area contributed by atoms with Gasteiger partial charge in [0, 0.05) is 51.8 Å². The Labute approximate surface area is 173 Å². The number of piperazine rings is 1. The van der Waals surface area contributed by atoms with E-state index in [1.807, 2.05) is 0 Å². The Balaban J connectivity index is 0.00000392. The van der Waals surface area contributed by atoms with Gasteiger partial charge < -0.3 is 15.5 Å². The smallest absolute Gasteiger partial charge is 0.251 e. The molecular weight excluding hydrogens is 404 g/mol. The van der Waals surface area contributed by atoms with Gasteiger partial charge in [-0.05, 0) is 31.2 Å². The highest BCUT2D eigenvalue weighted by molar-refractivity contribution is 7.89. The summed E-state index contributed by atoms with van der Waals surface area (Å²) in [6, 6.07) is 6.07. The Morgan fingerprint density at radius 3 is 2.36 bits per heavy atom. The molecule has 0 unspecified atom stereocenters. The van der Waals surface area contributed by atoms with E-state index in [4.69, 9.17) is 0 Å². The van der Waals surface area contributed by atoms with Gasteiger partial charge in [-0.2, -0.15) is 4.31 Å². The second-order valence-corrected chi connectivity index (χ2v) is 8.38. The Morgan fingerprint density at radius 1 is 1.07 bits per heavy atom. The molecule has 1 saturated heterocycles. The first-order valence-electron chi connectivity index (χ1n) is 9.21. The molecule has 1 aromatic rings. The summed E-state index contributed by atoms with van der Waals surface area (Å²) >= 11 is 0. The lowest BCUT2D eigenvalue weighted by Gasteiger charge is -2.33. The van der Waals surface area contributed by atoms with E-state index < -0.39 is 10.0 Å². The van der Waals surface area contributed by atoms with E-state index in [1.165, 1.54) is 23.4 Å². The van der Waals surface area contributed by atoms with Crippen molar-refractivity contribution in [2.45, 2.75) is 25.2 Å². The minimum Gasteiger partial charge on any atom is -0.351 e. The summed E-state index contributed by atoms with van der Waals surface area (Å²) in [5, 5.41) is 5.97. The Morgan fingerprint density at radius 2 is 1.75 bits per heavy atom. The second kappa shape index (κ2) is 11.4. The third-order valence-electron chi connectivity index (χ3n) is 4.43. The topological polar surface area (TPSA) is 98.8 Å². The number of rotatable bonds is 8. The normalized spacial score (nSPS) is 15.0. The number of halogens is 1. The number of benzene rings is 1. The maximum Gasteiger partial charge on any atom is 0.251 e. The van der Waals surface area contributed by atoms with Crippen LogP contribution in [0.25, 0.3) is 0 Å². The van der Waals surface area contributed by atoms with Crippen LogP contribution in [0, 0.1) is 0 Å². The van der Waals surface area contributed by atoms with Crippen molar-refractivity contribution in [2.75, 3.05) is 45.8 Å². The van der Waals surface area contributed by atoms with E-state index in [0.717, 1.165) is 13.0 Å². The average molecular weight is 433 g/mol. The number of hydrogen-bond acceptors (Lipinski definition) is 5. The first kappa shape index (κ1) is 24.4. The maximum atomic E-state index is 12.9. The number of carbonyl (C=O) groups excluding carboxylic acids is 2. The van der Waals surface area contributed by atoms with E-state index in [0.29, 0.717) is 31.7 Å². The number of amides is 2. The number of nitrogens with zero attached hydrogens (tertiary/aromatic N) is 2. The summed E-state index contributed by atoms with van der Waals surface area (Å²) in [6.07, 6.45) is 1.02. The fraction of sp³-hybridized carbons (Fsp3) is 0.556. The first-order chi connectivity index (χ1) is 12.9. The van der Waals surface area contributed by atoms with Crippen molar-refractivity contribution in [3.8, 4) is 0 Å². The van der Waals surface area contributed by atoms with Crippen LogP contribution < -0.4 is 10.6 Å². The molecule has 2 N–H and O–H groups in total. The molecule has 158 valence electrons. The van der Waals surface area contributed by atoms with Crippen molar-refractivity contribution in [2.24, 2.45) is 0 Å². The number of carbonyl (C=O) groups is 2. The summed E-state index contributed by atoms with van der Waals surface area (Å²) in [5.41, 5.74) is 0.314. The molecule has 0 saturated carbocycles. The first-order valence-corrected chi connectivity index (χ1v) is 10.6. The molecule has 1 heterocycles. The van der Waals surface area contributed by atoms with Crippen LogP contribution in [0.3, 0.4) is 0 Å². The number of nitrogens with one attached hydrogen (secondary N) is 2. The van der Waals surface area contributed by atoms with Gasteiger partial charge in [0.2, 0.25) is 15.9 Å². The summed E-state index contributed by atoms with van der Waals surface area (Å²) in [7, 11) is -3.70. The van der Waals surface area contributed by atoms with Crippen LogP contribution in [0.15, 0.2) is 29.2 Å². The number of sulfonamides is 1. The Bertz CT molecular complexity index is 765. The van der Waals surface area contributed by atoms with E-state index >= 15 is 0 Å². The van der Waals surface area contributed by atoms with Crippen LogP contribution in [-0.2, 0) is 14.8 Å². The fourth-order valence-corrected chi connectivity index (χ4v) is 4.33. The lowest BCUT2D eigenvalue weighted by atomic mass is 10.2. The zero-order chi connectivity index (χ0) is 19.9. The van der Waals surface area contributed by atoms with Crippen LogP contribution in [-0.4, -0.2) is 75.3 Å². The van der Waals surface area contributed by atoms with Gasteiger partial charge >= 0.3 is 0 Å². The van der Waals surface area contributed by atoms with Crippen molar-refractivity contribution < 1.29 is 18.0 Å². The van der Waals surface area contributed by atoms with Crippen LogP contribution in [0.5, 0.6) is 0 Å². The molecule has 0 aliphatic carbocycles. The third kappa shape index (κ3) is 6.44. The van der Waals surface area contributed by atoms with Gasteiger partial charge in [0.25, 0.3) is 5.91 Å². The SMILES string of the molecule is CCCNCCNC(=O)c1cccc(S(=O)(=O)N2CCN(C(C)=O)CC2)c1.Cl. The predicted octanol–water partition coefficient (Wildman–Crippen LogP) is 0.691. The molecule has 2 rings (SSSR count). The van der Waals surface area contributed by atoms with Crippen molar-refractivity contribution in [1.82, 2.24) is 19.8 Å². The molecule has 2 amide bonds. The van der Waals surface area contributed by atoms with Gasteiger partial charge in [-0.25, -0.2) is 8.42 Å². The fourth-order valence-electron chi connectivity index (χ4n) is 2.86. The molecule has 1 fully saturated rings. The molecule has 10 heteroatoms. The molecule has 0 atom stereocenters. The lowest BCUT2D eigenvalue weighted by Crippen LogP contribution is -2.49. The van der Waals surface area contributed by atoms with Gasteiger partial charge in [-0.3, -0.25) is 9.59 Å². The predicted molar refractivity (Wildman–Crippen MR) is 110 cm³/mol. The zero-order valence-electron chi connectivity index (χ0n) is 16.3. The molecule has 0 radical (unpaired) electrons. The van der Waals surface area contributed by atoms with Crippen LogP contribution in [0.2, 0.25) is 0 Å². The molecule has 1 aliphatic heterocycles. The van der Waals surface area contributed by atoms with Crippen molar-refractivity contribution in [3.05, 3.63) is 29.8 Å². The van der Waals surface area contributed by atoms with Gasteiger partial charge in [0.15, 0.2) is 0 Å². The quantitative estimate of drug-likeness (QED) is 0.589. The monoisotopic (exact) mass is 432 g/mol. The summed E-state index contributed by atoms with van der Waals surface area (Å²) in [6.45, 7) is 6.82. The third-order valence-corrected chi connectivity index (χ3v) is 6.33. The number of hydrogen-bond donors (Lipinski definition) is 2. The van der Waals surface area contributed by atoms with E-state index in [9.17, 15) is 18.0 Å². The molecule has 0 bridgehead atoms. The highest BCUT2D eigenvalue weighted by Crippen LogP contribution is 2.19. The average Bonchev–Trinajstić information content (AvgIpc) is 2.67. The summed E-state index contributed by atoms with van der Waals surface area (Å²) in [5.74, 6) is -0.356. The van der Waals surface area contributed by atoms with Gasteiger partial charge in [0.1, 0.15) is 0 Å². The maximum absolute atomic E-state index is 12.9. The van der Waals surface area contributed by atoms with E-state index in [-0.39, 0.29) is 42.2 Å². The highest BCUT2D eigenvalue weighted by atomic mass is 35.5. The molecule has 0 spiro atoms. The Hall–Kier alpha value is -1.68. The standard InChI is InChI=1S/C18H28N4O4S.ClH/c1-3-7-19-8-9-20-18(24)16-5-4-6-17(14-16)27(25,26)22-12-10-21(11-13-22)15(2)23;/h4-6,14,19H,3,7-13H2,1-2H3,(H,20,24);1H. The van der Waals surface area contributed by atoms with Crippen molar-refractivity contribution >= 4 is 34.2 Å². The Kier molecular flexibility index (Phi) is 9.88. The van der Waals surface area contributed by atoms with Crippen LogP contribution in [0.1, 0.15) is 30.6 Å². The van der Waals surface area contributed by atoms with Gasteiger partial charge in [-0.15, -0.1) is 12.4 Å². The van der Waals surface area contributed by atoms with Crippen LogP contribution in [0.4, 0.5) is 0 Å². The molecule has 1 aliphatic rings. The van der Waals surface area contributed by atoms with Crippen molar-refractivity contribution in [1.29, 1.82) is 0 Å². The lowest BCUT2D eigenvalue weighted by molar-refractivity contribution is -0.129.